The first-order valence-electron chi connectivity index (χ1n) is 16.7. The van der Waals surface area contributed by atoms with Crippen molar-refractivity contribution in [2.24, 2.45) is 0 Å². The van der Waals surface area contributed by atoms with Gasteiger partial charge < -0.3 is 4.42 Å². The third-order valence-electron chi connectivity index (χ3n) is 11.3. The average Bonchev–Trinajstić information content (AvgIpc) is 3.74. The molecule has 8 aromatic rings. The Morgan fingerprint density at radius 3 is 1.49 bits per heavy atom. The Morgan fingerprint density at radius 1 is 0.426 bits per heavy atom. The first kappa shape index (κ1) is 26.8. The van der Waals surface area contributed by atoms with Gasteiger partial charge in [-0.1, -0.05) is 137 Å². The van der Waals surface area contributed by atoms with Gasteiger partial charge in [0.05, 0.1) is 6.26 Å². The normalized spacial score (nSPS) is 15.1. The van der Waals surface area contributed by atoms with E-state index in [1.165, 1.54) is 93.7 Å². The molecule has 2 aliphatic rings. The molecule has 0 saturated heterocycles. The molecule has 1 aromatic heterocycles. The minimum Gasteiger partial charge on any atom is -0.464 e. The van der Waals surface area contributed by atoms with Gasteiger partial charge in [0, 0.05) is 21.8 Å². The van der Waals surface area contributed by atoms with Crippen molar-refractivity contribution in [1.29, 1.82) is 0 Å². The van der Waals surface area contributed by atoms with Crippen molar-refractivity contribution in [3.05, 3.63) is 156 Å². The van der Waals surface area contributed by atoms with Gasteiger partial charge in [-0.25, -0.2) is 0 Å². The molecule has 2 aliphatic carbocycles. The number of furan rings is 1. The smallest absolute Gasteiger partial charge is 0.142 e. The van der Waals surface area contributed by atoms with Crippen LogP contribution in [-0.4, -0.2) is 0 Å². The summed E-state index contributed by atoms with van der Waals surface area (Å²) in [7, 11) is 0. The SMILES string of the molecule is CC1(C)c2cc(-c3cccc4ccccc34)ccc2-c2c1c1c(c3occc23)-c2ccc(-c3cccc4ccccc34)cc2C1(C)C. The van der Waals surface area contributed by atoms with E-state index < -0.39 is 0 Å². The van der Waals surface area contributed by atoms with E-state index in [-0.39, 0.29) is 10.8 Å². The Morgan fingerprint density at radius 2 is 0.915 bits per heavy atom. The van der Waals surface area contributed by atoms with E-state index >= 15 is 0 Å². The Kier molecular flexibility index (Phi) is 5.19. The van der Waals surface area contributed by atoms with Crippen molar-refractivity contribution in [2.45, 2.75) is 38.5 Å². The van der Waals surface area contributed by atoms with Gasteiger partial charge in [0.2, 0.25) is 0 Å². The molecule has 7 aromatic carbocycles. The second-order valence-electron chi connectivity index (χ2n) is 14.5. The minimum atomic E-state index is -0.214. The highest BCUT2D eigenvalue weighted by Gasteiger charge is 2.48. The Hall–Kier alpha value is -5.40. The van der Waals surface area contributed by atoms with Gasteiger partial charge in [-0.05, 0) is 101 Å². The maximum absolute atomic E-state index is 6.43. The van der Waals surface area contributed by atoms with Crippen LogP contribution in [0.5, 0.6) is 0 Å². The van der Waals surface area contributed by atoms with Crippen LogP contribution in [0, 0.1) is 0 Å². The van der Waals surface area contributed by atoms with Gasteiger partial charge in [0.15, 0.2) is 0 Å². The molecule has 0 saturated carbocycles. The summed E-state index contributed by atoms with van der Waals surface area (Å²) >= 11 is 0. The molecule has 224 valence electrons. The molecular weight excluding hydrogens is 569 g/mol. The number of hydrogen-bond donors (Lipinski definition) is 0. The van der Waals surface area contributed by atoms with E-state index in [4.69, 9.17) is 4.42 Å². The summed E-state index contributed by atoms with van der Waals surface area (Å²) in [6, 6.07) is 47.1. The van der Waals surface area contributed by atoms with Gasteiger partial charge in [0.1, 0.15) is 5.58 Å². The fourth-order valence-electron chi connectivity index (χ4n) is 9.10. The van der Waals surface area contributed by atoms with Crippen molar-refractivity contribution < 1.29 is 4.42 Å². The number of fused-ring (bicyclic) bond motifs is 12. The third kappa shape index (κ3) is 3.44. The predicted molar refractivity (Wildman–Crippen MR) is 197 cm³/mol. The van der Waals surface area contributed by atoms with Gasteiger partial charge in [-0.15, -0.1) is 0 Å². The highest BCUT2D eigenvalue weighted by Crippen LogP contribution is 2.62. The zero-order chi connectivity index (χ0) is 31.7. The fraction of sp³-hybridized carbons (Fsp3) is 0.130. The molecule has 1 heteroatoms. The maximum Gasteiger partial charge on any atom is 0.142 e. The highest BCUT2D eigenvalue weighted by atomic mass is 16.3. The van der Waals surface area contributed by atoms with E-state index in [0.717, 1.165) is 5.58 Å². The summed E-state index contributed by atoms with van der Waals surface area (Å²) < 4.78 is 6.43. The zero-order valence-electron chi connectivity index (χ0n) is 27.1. The molecular formula is C46H34O. The second kappa shape index (κ2) is 9.11. The van der Waals surface area contributed by atoms with E-state index in [9.17, 15) is 0 Å². The molecule has 1 nitrogen and oxygen atoms in total. The third-order valence-corrected chi connectivity index (χ3v) is 11.3. The Balaban J connectivity index is 1.21. The molecule has 0 N–H and O–H groups in total. The van der Waals surface area contributed by atoms with Crippen LogP contribution >= 0.6 is 0 Å². The molecule has 0 radical (unpaired) electrons. The molecule has 47 heavy (non-hydrogen) atoms. The highest BCUT2D eigenvalue weighted by molar-refractivity contribution is 6.11. The monoisotopic (exact) mass is 602 g/mol. The summed E-state index contributed by atoms with van der Waals surface area (Å²) in [5.41, 5.74) is 16.5. The lowest BCUT2D eigenvalue weighted by molar-refractivity contribution is 0.596. The lowest BCUT2D eigenvalue weighted by Crippen LogP contribution is -2.24. The van der Waals surface area contributed by atoms with Crippen LogP contribution in [0.4, 0.5) is 0 Å². The maximum atomic E-state index is 6.43. The zero-order valence-corrected chi connectivity index (χ0v) is 27.1. The molecule has 1 heterocycles. The van der Waals surface area contributed by atoms with Crippen LogP contribution in [0.2, 0.25) is 0 Å². The second-order valence-corrected chi connectivity index (χ2v) is 14.5. The fourth-order valence-corrected chi connectivity index (χ4v) is 9.10. The molecule has 0 amide bonds. The molecule has 0 atom stereocenters. The first-order valence-corrected chi connectivity index (χ1v) is 16.7. The van der Waals surface area contributed by atoms with E-state index in [1.807, 2.05) is 6.26 Å². The molecule has 0 fully saturated rings. The first-order chi connectivity index (χ1) is 22.8. The van der Waals surface area contributed by atoms with Crippen LogP contribution in [0.1, 0.15) is 49.9 Å². The van der Waals surface area contributed by atoms with Gasteiger partial charge >= 0.3 is 0 Å². The Bertz CT molecular complexity index is 2430. The predicted octanol–water partition coefficient (Wildman–Crippen LogP) is 12.7. The van der Waals surface area contributed by atoms with Crippen molar-refractivity contribution >= 4 is 32.5 Å². The molecule has 0 unspecified atom stereocenters. The van der Waals surface area contributed by atoms with E-state index in [2.05, 4.69) is 155 Å². The largest absolute Gasteiger partial charge is 0.464 e. The van der Waals surface area contributed by atoms with E-state index in [1.54, 1.807) is 0 Å². The van der Waals surface area contributed by atoms with Gasteiger partial charge in [-0.3, -0.25) is 0 Å². The lowest BCUT2D eigenvalue weighted by Gasteiger charge is -2.31. The summed E-state index contributed by atoms with van der Waals surface area (Å²) in [6.07, 6.45) is 1.89. The lowest BCUT2D eigenvalue weighted by atomic mass is 9.72. The quantitative estimate of drug-likeness (QED) is 0.192. The van der Waals surface area contributed by atoms with Crippen molar-refractivity contribution in [1.82, 2.24) is 0 Å². The van der Waals surface area contributed by atoms with Crippen molar-refractivity contribution in [2.75, 3.05) is 0 Å². The van der Waals surface area contributed by atoms with Crippen molar-refractivity contribution in [3.8, 4) is 44.5 Å². The molecule has 10 rings (SSSR count). The number of rotatable bonds is 2. The van der Waals surface area contributed by atoms with Crippen LogP contribution in [0.15, 0.2) is 138 Å². The van der Waals surface area contributed by atoms with Crippen LogP contribution in [0.25, 0.3) is 77.0 Å². The summed E-state index contributed by atoms with van der Waals surface area (Å²) in [4.78, 5) is 0. The van der Waals surface area contributed by atoms with Crippen LogP contribution in [0.3, 0.4) is 0 Å². The summed E-state index contributed by atoms with van der Waals surface area (Å²) in [5.74, 6) is 0. The molecule has 0 aliphatic heterocycles. The summed E-state index contributed by atoms with van der Waals surface area (Å²) in [5, 5.41) is 6.33. The van der Waals surface area contributed by atoms with Gasteiger partial charge in [-0.2, -0.15) is 0 Å². The molecule has 0 bridgehead atoms. The van der Waals surface area contributed by atoms with Crippen molar-refractivity contribution in [3.63, 3.8) is 0 Å². The topological polar surface area (TPSA) is 13.1 Å². The van der Waals surface area contributed by atoms with Gasteiger partial charge in [0.25, 0.3) is 0 Å². The van der Waals surface area contributed by atoms with Crippen LogP contribution < -0.4 is 0 Å². The minimum absolute atomic E-state index is 0.196. The molecule has 0 spiro atoms. The average molecular weight is 603 g/mol. The summed E-state index contributed by atoms with van der Waals surface area (Å²) in [6.45, 7) is 9.69. The number of benzene rings is 7. The van der Waals surface area contributed by atoms with Crippen LogP contribution in [-0.2, 0) is 10.8 Å². The Labute approximate surface area is 275 Å². The standard InChI is InChI=1S/C46H34O/c1-45(2)38-25-29(33-17-9-13-27-11-5-7-15-31(27)33)19-21-35(38)40-37-23-24-47-44(37)41-36-22-20-30(26-39(36)46(3,4)43(41)42(40)45)34-18-10-14-28-12-6-8-16-32(28)34/h5-26H,1-4H3. The number of hydrogen-bond acceptors (Lipinski definition) is 1. The van der Waals surface area contributed by atoms with E-state index in [0.29, 0.717) is 0 Å².